The molecule has 1 heterocycles. The molecule has 1 aromatic heterocycles. The van der Waals surface area contributed by atoms with Gasteiger partial charge in [-0.05, 0) is 49.0 Å². The van der Waals surface area contributed by atoms with Crippen LogP contribution >= 0.6 is 12.2 Å². The average molecular weight is 389 g/mol. The number of anilines is 1. The number of hydrogen-bond donors (Lipinski definition) is 4. The Balaban J connectivity index is 1.78. The van der Waals surface area contributed by atoms with Gasteiger partial charge in [-0.25, -0.2) is 13.6 Å². The second kappa shape index (κ2) is 6.83. The predicted octanol–water partition coefficient (Wildman–Crippen LogP) is 3.31. The molecule has 0 amide bonds. The second-order valence-corrected chi connectivity index (χ2v) is 7.47. The largest absolute Gasteiger partial charge is 0.493 e. The first-order valence-corrected chi connectivity index (χ1v) is 9.37. The lowest BCUT2D eigenvalue weighted by molar-refractivity contribution is 0.459. The minimum atomic E-state index is -3.75. The molecule has 0 aliphatic rings. The van der Waals surface area contributed by atoms with Crippen LogP contribution in [0.5, 0.6) is 5.88 Å². The van der Waals surface area contributed by atoms with Gasteiger partial charge >= 0.3 is 0 Å². The van der Waals surface area contributed by atoms with Crippen molar-refractivity contribution in [2.45, 2.75) is 11.8 Å². The van der Waals surface area contributed by atoms with E-state index in [0.29, 0.717) is 5.69 Å². The number of thiocarbonyl (C=S) groups is 1. The minimum Gasteiger partial charge on any atom is -0.493 e. The molecule has 0 saturated heterocycles. The van der Waals surface area contributed by atoms with Gasteiger partial charge in [0.25, 0.3) is 0 Å². The smallest absolute Gasteiger partial charge is 0.238 e. The molecular weight excluding hydrogens is 374 g/mol. The predicted molar refractivity (Wildman–Crippen MR) is 103 cm³/mol. The van der Waals surface area contributed by atoms with E-state index in [2.05, 4.69) is 20.5 Å². The molecule has 0 spiro atoms. The molecule has 26 heavy (non-hydrogen) atoms. The van der Waals surface area contributed by atoms with Crippen molar-refractivity contribution >= 4 is 49.6 Å². The van der Waals surface area contributed by atoms with Crippen molar-refractivity contribution in [1.29, 1.82) is 0 Å². The van der Waals surface area contributed by atoms with Crippen molar-refractivity contribution in [3.05, 3.63) is 48.0 Å². The Kier molecular flexibility index (Phi) is 4.72. The number of H-pyrrole nitrogens is 1. The topological polar surface area (TPSA) is 133 Å². The molecule has 0 radical (unpaired) electrons. The monoisotopic (exact) mass is 389 g/mol. The average Bonchev–Trinajstić information content (AvgIpc) is 2.90. The van der Waals surface area contributed by atoms with Crippen LogP contribution in [-0.2, 0) is 10.0 Å². The number of aromatic hydroxyl groups is 1. The highest BCUT2D eigenvalue weighted by atomic mass is 32.2. The molecule has 3 rings (SSSR count). The number of primary sulfonamides is 1. The van der Waals surface area contributed by atoms with E-state index in [9.17, 15) is 13.5 Å². The van der Waals surface area contributed by atoms with Crippen molar-refractivity contribution in [1.82, 2.24) is 4.98 Å². The Labute approximate surface area is 154 Å². The number of nitrogens with one attached hydrogen (secondary N) is 2. The number of sulfonamides is 1. The number of hydrogen-bond acceptors (Lipinski definition) is 5. The number of benzene rings is 2. The number of aromatic amines is 1. The van der Waals surface area contributed by atoms with E-state index in [4.69, 9.17) is 17.4 Å². The zero-order valence-electron chi connectivity index (χ0n) is 13.6. The highest BCUT2D eigenvalue weighted by molar-refractivity contribution is 7.89. The molecule has 0 aliphatic heterocycles. The van der Waals surface area contributed by atoms with Gasteiger partial charge < -0.3 is 15.4 Å². The Bertz CT molecular complexity index is 1120. The van der Waals surface area contributed by atoms with Gasteiger partial charge in [-0.3, -0.25) is 0 Å². The van der Waals surface area contributed by atoms with Crippen LogP contribution in [0.4, 0.5) is 11.4 Å². The number of para-hydroxylation sites is 1. The standard InChI is InChI=1S/C16H15N5O3S2/c1-9-3-2-4-12-13(9)19-15(22)14(12)20-21-16(25)18-10-5-7-11(8-6-10)26(17,23)24/h2-8,19,22H,1H3,(H,18,25)(H2,17,23,24). The third kappa shape index (κ3) is 3.72. The minimum absolute atomic E-state index is 0.00493. The van der Waals surface area contributed by atoms with Crippen molar-refractivity contribution in [3.63, 3.8) is 0 Å². The number of aromatic nitrogens is 1. The third-order valence-corrected chi connectivity index (χ3v) is 4.78. The second-order valence-electron chi connectivity index (χ2n) is 5.52. The summed E-state index contributed by atoms with van der Waals surface area (Å²) in [5.41, 5.74) is 2.56. The number of nitrogens with two attached hydrogens (primary N) is 1. The lowest BCUT2D eigenvalue weighted by atomic mass is 10.1. The molecular formula is C16H15N5O3S2. The molecule has 0 unspecified atom stereocenters. The van der Waals surface area contributed by atoms with E-state index in [0.717, 1.165) is 16.5 Å². The fourth-order valence-corrected chi connectivity index (χ4v) is 3.08. The third-order valence-electron chi connectivity index (χ3n) is 3.67. The van der Waals surface area contributed by atoms with Gasteiger partial charge in [-0.15, -0.1) is 10.2 Å². The summed E-state index contributed by atoms with van der Waals surface area (Å²) in [5.74, 6) is -0.0987. The van der Waals surface area contributed by atoms with Gasteiger partial charge in [0, 0.05) is 11.1 Å². The molecule has 3 aromatic rings. The van der Waals surface area contributed by atoms with Crippen molar-refractivity contribution in [2.75, 3.05) is 5.32 Å². The van der Waals surface area contributed by atoms with E-state index in [1.54, 1.807) is 0 Å². The van der Waals surface area contributed by atoms with Crippen molar-refractivity contribution in [3.8, 4) is 5.88 Å². The van der Waals surface area contributed by atoms with E-state index in [1.807, 2.05) is 25.1 Å². The van der Waals surface area contributed by atoms with Gasteiger partial charge in [0.05, 0.1) is 10.4 Å². The highest BCUT2D eigenvalue weighted by Crippen LogP contribution is 2.36. The summed E-state index contributed by atoms with van der Waals surface area (Å²) in [6.07, 6.45) is 0. The molecule has 0 saturated carbocycles. The molecule has 2 aromatic carbocycles. The summed E-state index contributed by atoms with van der Waals surface area (Å²) in [5, 5.41) is 26.6. The van der Waals surface area contributed by atoms with E-state index < -0.39 is 10.0 Å². The van der Waals surface area contributed by atoms with E-state index in [-0.39, 0.29) is 21.6 Å². The zero-order valence-corrected chi connectivity index (χ0v) is 15.2. The van der Waals surface area contributed by atoms with Crippen molar-refractivity contribution < 1.29 is 13.5 Å². The van der Waals surface area contributed by atoms with Crippen LogP contribution in [0.25, 0.3) is 10.9 Å². The first-order valence-electron chi connectivity index (χ1n) is 7.41. The summed E-state index contributed by atoms with van der Waals surface area (Å²) in [7, 11) is -3.75. The first-order chi connectivity index (χ1) is 12.3. The lowest BCUT2D eigenvalue weighted by Gasteiger charge is -2.04. The molecule has 0 fully saturated rings. The first kappa shape index (κ1) is 18.0. The van der Waals surface area contributed by atoms with Crippen molar-refractivity contribution in [2.24, 2.45) is 15.4 Å². The van der Waals surface area contributed by atoms with Crippen LogP contribution in [-0.4, -0.2) is 23.6 Å². The number of azo groups is 1. The summed E-state index contributed by atoms with van der Waals surface area (Å²) < 4.78 is 22.5. The fourth-order valence-electron chi connectivity index (χ4n) is 2.41. The molecule has 0 bridgehead atoms. The van der Waals surface area contributed by atoms with Gasteiger partial charge in [-0.1, -0.05) is 18.2 Å². The number of rotatable bonds is 3. The molecule has 5 N–H and O–H groups in total. The highest BCUT2D eigenvalue weighted by Gasteiger charge is 2.12. The number of aryl methyl sites for hydroxylation is 1. The Morgan fingerprint density at radius 1 is 1.23 bits per heavy atom. The van der Waals surface area contributed by atoms with Crippen LogP contribution < -0.4 is 10.5 Å². The summed E-state index contributed by atoms with van der Waals surface area (Å²) in [4.78, 5) is 2.85. The zero-order chi connectivity index (χ0) is 18.9. The SMILES string of the molecule is Cc1cccc2c(N=NC(=S)Nc3ccc(S(N)(=O)=O)cc3)c(O)[nH]c12. The van der Waals surface area contributed by atoms with Crippen LogP contribution in [0.3, 0.4) is 0 Å². The van der Waals surface area contributed by atoms with Crippen LogP contribution in [0.2, 0.25) is 0 Å². The molecule has 134 valence electrons. The quantitative estimate of drug-likeness (QED) is 0.403. The fraction of sp³-hybridized carbons (Fsp3) is 0.0625. The van der Waals surface area contributed by atoms with E-state index >= 15 is 0 Å². The maximum absolute atomic E-state index is 11.2. The molecule has 10 heteroatoms. The molecule has 0 aliphatic carbocycles. The van der Waals surface area contributed by atoms with Gasteiger partial charge in [-0.2, -0.15) is 0 Å². The number of nitrogens with zero attached hydrogens (tertiary/aromatic N) is 2. The van der Waals surface area contributed by atoms with Gasteiger partial charge in [0.1, 0.15) is 0 Å². The Hall–Kier alpha value is -2.82. The molecule has 0 atom stereocenters. The lowest BCUT2D eigenvalue weighted by Crippen LogP contribution is -2.12. The Morgan fingerprint density at radius 2 is 1.92 bits per heavy atom. The van der Waals surface area contributed by atoms with Crippen LogP contribution in [0.15, 0.2) is 57.6 Å². The van der Waals surface area contributed by atoms with Gasteiger partial charge in [0.2, 0.25) is 21.0 Å². The van der Waals surface area contributed by atoms with Gasteiger partial charge in [0.15, 0.2) is 5.69 Å². The summed E-state index contributed by atoms with van der Waals surface area (Å²) in [6.45, 7) is 1.91. The van der Waals surface area contributed by atoms with E-state index in [1.165, 1.54) is 24.3 Å². The van der Waals surface area contributed by atoms with Crippen LogP contribution in [0.1, 0.15) is 5.56 Å². The summed E-state index contributed by atoms with van der Waals surface area (Å²) in [6, 6.07) is 11.3. The normalized spacial score (nSPS) is 11.9. The Morgan fingerprint density at radius 3 is 2.58 bits per heavy atom. The summed E-state index contributed by atoms with van der Waals surface area (Å²) >= 11 is 5.10. The number of fused-ring (bicyclic) bond motifs is 1. The van der Waals surface area contributed by atoms with Crippen LogP contribution in [0, 0.1) is 6.92 Å². The maximum atomic E-state index is 11.2. The maximum Gasteiger partial charge on any atom is 0.238 e. The molecule has 8 nitrogen and oxygen atoms in total.